The van der Waals surface area contributed by atoms with Crippen molar-refractivity contribution in [2.45, 2.75) is 38.1 Å². The molecule has 0 saturated heterocycles. The molecule has 3 nitrogen and oxygen atoms in total. The van der Waals surface area contributed by atoms with E-state index in [1.165, 1.54) is 37.8 Å². The smallest absolute Gasteiger partial charge is 0.123 e. The third-order valence-electron chi connectivity index (χ3n) is 4.41. The second-order valence-electron chi connectivity index (χ2n) is 6.21. The molecule has 0 spiro atoms. The van der Waals surface area contributed by atoms with Crippen LogP contribution >= 0.6 is 0 Å². The van der Waals surface area contributed by atoms with Crippen LogP contribution in [0.25, 0.3) is 0 Å². The van der Waals surface area contributed by atoms with Crippen molar-refractivity contribution in [3.05, 3.63) is 65.3 Å². The fraction of sp³-hybridized carbons (Fsp3) is 0.421. The van der Waals surface area contributed by atoms with Crippen molar-refractivity contribution in [3.63, 3.8) is 0 Å². The minimum Gasteiger partial charge on any atom is -0.305 e. The first-order valence-electron chi connectivity index (χ1n) is 8.38. The molecule has 1 heterocycles. The highest BCUT2D eigenvalue weighted by Gasteiger charge is 2.16. The summed E-state index contributed by atoms with van der Waals surface area (Å²) in [5.41, 5.74) is 3.57. The van der Waals surface area contributed by atoms with E-state index in [1.807, 2.05) is 31.4 Å². The summed E-state index contributed by atoms with van der Waals surface area (Å²) in [4.78, 5) is 0. The quantitative estimate of drug-likeness (QED) is 0.813. The summed E-state index contributed by atoms with van der Waals surface area (Å²) in [6.07, 6.45) is 10.5. The lowest BCUT2D eigenvalue weighted by Gasteiger charge is -2.19. The van der Waals surface area contributed by atoms with Crippen LogP contribution in [0.2, 0.25) is 0 Å². The van der Waals surface area contributed by atoms with Gasteiger partial charge in [-0.1, -0.05) is 23.8 Å². The first-order valence-corrected chi connectivity index (χ1v) is 8.38. The number of rotatable bonds is 6. The summed E-state index contributed by atoms with van der Waals surface area (Å²) in [6.45, 7) is 0.907. The van der Waals surface area contributed by atoms with Gasteiger partial charge in [0.2, 0.25) is 0 Å². The number of aryl methyl sites for hydroxylation is 1. The fourth-order valence-electron chi connectivity index (χ4n) is 3.14. The van der Waals surface area contributed by atoms with Gasteiger partial charge in [-0.15, -0.1) is 0 Å². The lowest BCUT2D eigenvalue weighted by atomic mass is 9.97. The maximum absolute atomic E-state index is 13.2. The van der Waals surface area contributed by atoms with Crippen LogP contribution in [0, 0.1) is 5.82 Å². The van der Waals surface area contributed by atoms with Crippen molar-refractivity contribution >= 4 is 0 Å². The maximum atomic E-state index is 13.2. The van der Waals surface area contributed by atoms with Crippen LogP contribution in [0.15, 0.2) is 48.2 Å². The number of nitrogens with zero attached hydrogens (tertiary/aromatic N) is 2. The van der Waals surface area contributed by atoms with E-state index in [9.17, 15) is 4.39 Å². The summed E-state index contributed by atoms with van der Waals surface area (Å²) in [7, 11) is 1.91. The van der Waals surface area contributed by atoms with Gasteiger partial charge in [-0.25, -0.2) is 4.39 Å². The minimum atomic E-state index is -0.208. The van der Waals surface area contributed by atoms with Crippen molar-refractivity contribution in [2.75, 3.05) is 6.54 Å². The summed E-state index contributed by atoms with van der Waals surface area (Å²) in [5, 5.41) is 8.11. The van der Waals surface area contributed by atoms with E-state index in [0.29, 0.717) is 0 Å². The van der Waals surface area contributed by atoms with Gasteiger partial charge >= 0.3 is 0 Å². The van der Waals surface area contributed by atoms with Gasteiger partial charge in [-0.2, -0.15) is 5.10 Å². The zero-order valence-electron chi connectivity index (χ0n) is 13.6. The molecular weight excluding hydrogens is 289 g/mol. The van der Waals surface area contributed by atoms with Gasteiger partial charge in [0.05, 0.1) is 11.7 Å². The normalized spacial score (nSPS) is 16.2. The summed E-state index contributed by atoms with van der Waals surface area (Å²) in [5.74, 6) is -0.208. The highest BCUT2D eigenvalue weighted by molar-refractivity contribution is 5.27. The molecule has 0 bridgehead atoms. The molecule has 1 aliphatic carbocycles. The Hall–Kier alpha value is -1.94. The number of benzene rings is 1. The molecule has 2 aromatic rings. The zero-order chi connectivity index (χ0) is 16.1. The topological polar surface area (TPSA) is 29.9 Å². The standard InChI is InChI=1S/C19H24FN3/c1-23-14-12-18(22-23)19(16-7-9-17(20)10-8-16)21-13-11-15-5-3-2-4-6-15/h5,7-10,12,14,19,21H,2-4,6,11,13H2,1H3. The van der Waals surface area contributed by atoms with Crippen molar-refractivity contribution in [3.8, 4) is 0 Å². The highest BCUT2D eigenvalue weighted by atomic mass is 19.1. The number of nitrogens with one attached hydrogen (secondary N) is 1. The van der Waals surface area contributed by atoms with Gasteiger partial charge in [-0.05, 0) is 62.4 Å². The largest absolute Gasteiger partial charge is 0.305 e. The Morgan fingerprint density at radius 1 is 1.22 bits per heavy atom. The van der Waals surface area contributed by atoms with E-state index in [2.05, 4.69) is 16.5 Å². The molecule has 0 saturated carbocycles. The van der Waals surface area contributed by atoms with Crippen LogP contribution in [0.1, 0.15) is 49.4 Å². The Morgan fingerprint density at radius 3 is 2.70 bits per heavy atom. The second kappa shape index (κ2) is 7.55. The van der Waals surface area contributed by atoms with Crippen LogP contribution in [0.4, 0.5) is 4.39 Å². The van der Waals surface area contributed by atoms with Gasteiger partial charge in [0.15, 0.2) is 0 Å². The molecule has 0 aliphatic heterocycles. The average molecular weight is 313 g/mol. The molecule has 1 unspecified atom stereocenters. The van der Waals surface area contributed by atoms with Gasteiger partial charge in [0.25, 0.3) is 0 Å². The van der Waals surface area contributed by atoms with Gasteiger partial charge < -0.3 is 5.32 Å². The van der Waals surface area contributed by atoms with Crippen molar-refractivity contribution in [1.82, 2.24) is 15.1 Å². The first-order chi connectivity index (χ1) is 11.2. The van der Waals surface area contributed by atoms with E-state index in [4.69, 9.17) is 0 Å². The van der Waals surface area contributed by atoms with Gasteiger partial charge in [0.1, 0.15) is 5.82 Å². The summed E-state index contributed by atoms with van der Waals surface area (Å²) in [6, 6.07) is 8.71. The minimum absolute atomic E-state index is 0.000917. The molecule has 0 amide bonds. The predicted molar refractivity (Wildman–Crippen MR) is 90.6 cm³/mol. The Bertz CT molecular complexity index is 658. The summed E-state index contributed by atoms with van der Waals surface area (Å²) >= 11 is 0. The number of hydrogen-bond donors (Lipinski definition) is 1. The lowest BCUT2D eigenvalue weighted by molar-refractivity contribution is 0.565. The van der Waals surface area contributed by atoms with Crippen LogP contribution in [0.5, 0.6) is 0 Å². The molecule has 0 fully saturated rings. The SMILES string of the molecule is Cn1ccc(C(NCCC2=CCCCC2)c2ccc(F)cc2)n1. The molecule has 23 heavy (non-hydrogen) atoms. The number of aromatic nitrogens is 2. The monoisotopic (exact) mass is 313 g/mol. The van der Waals surface area contributed by atoms with Crippen LogP contribution in [-0.4, -0.2) is 16.3 Å². The molecule has 1 aromatic heterocycles. The molecule has 1 aliphatic rings. The molecule has 1 aromatic carbocycles. The zero-order valence-corrected chi connectivity index (χ0v) is 13.6. The van der Waals surface area contributed by atoms with Crippen LogP contribution in [0.3, 0.4) is 0 Å². The molecule has 122 valence electrons. The van der Waals surface area contributed by atoms with Crippen molar-refractivity contribution in [1.29, 1.82) is 0 Å². The number of halogens is 1. The molecule has 3 rings (SSSR count). The van der Waals surface area contributed by atoms with Gasteiger partial charge in [-0.3, -0.25) is 4.68 Å². The Labute approximate surface area is 137 Å². The third-order valence-corrected chi connectivity index (χ3v) is 4.41. The van der Waals surface area contributed by atoms with E-state index in [0.717, 1.165) is 24.2 Å². The number of allylic oxidation sites excluding steroid dienone is 1. The van der Waals surface area contributed by atoms with Crippen molar-refractivity contribution in [2.24, 2.45) is 7.05 Å². The molecular formula is C19H24FN3. The first kappa shape index (κ1) is 15.9. The Morgan fingerprint density at radius 2 is 2.04 bits per heavy atom. The fourth-order valence-corrected chi connectivity index (χ4v) is 3.14. The van der Waals surface area contributed by atoms with E-state index in [-0.39, 0.29) is 11.9 Å². The summed E-state index contributed by atoms with van der Waals surface area (Å²) < 4.78 is 15.0. The van der Waals surface area contributed by atoms with E-state index in [1.54, 1.807) is 10.3 Å². The van der Waals surface area contributed by atoms with E-state index < -0.39 is 0 Å². The Balaban J connectivity index is 1.70. The van der Waals surface area contributed by atoms with E-state index >= 15 is 0 Å². The Kier molecular flexibility index (Phi) is 5.23. The maximum Gasteiger partial charge on any atom is 0.123 e. The lowest BCUT2D eigenvalue weighted by Crippen LogP contribution is -2.24. The third kappa shape index (κ3) is 4.29. The molecule has 1 atom stereocenters. The molecule has 4 heteroatoms. The van der Waals surface area contributed by atoms with Crippen molar-refractivity contribution < 1.29 is 4.39 Å². The highest BCUT2D eigenvalue weighted by Crippen LogP contribution is 2.23. The predicted octanol–water partition coefficient (Wildman–Crippen LogP) is 4.13. The van der Waals surface area contributed by atoms with Gasteiger partial charge in [0, 0.05) is 13.2 Å². The average Bonchev–Trinajstić information content (AvgIpc) is 3.00. The molecule has 1 N–H and O–H groups in total. The number of hydrogen-bond acceptors (Lipinski definition) is 2. The van der Waals surface area contributed by atoms with Crippen LogP contribution < -0.4 is 5.32 Å². The molecule has 0 radical (unpaired) electrons. The second-order valence-corrected chi connectivity index (χ2v) is 6.21. The van der Waals surface area contributed by atoms with Crippen LogP contribution in [-0.2, 0) is 7.05 Å².